The van der Waals surface area contributed by atoms with Gasteiger partial charge in [0.05, 0.1) is 12.6 Å². The Bertz CT molecular complexity index is 940. The van der Waals surface area contributed by atoms with Crippen molar-refractivity contribution in [3.05, 3.63) is 53.2 Å². The van der Waals surface area contributed by atoms with Crippen LogP contribution in [0.2, 0.25) is 0 Å². The molecule has 4 N–H and O–H groups in total. The Morgan fingerprint density at radius 3 is 2.61 bits per heavy atom. The summed E-state index contributed by atoms with van der Waals surface area (Å²) in [6, 6.07) is 7.45. The van der Waals surface area contributed by atoms with Crippen LogP contribution in [0.1, 0.15) is 48.8 Å². The molecule has 0 saturated heterocycles. The van der Waals surface area contributed by atoms with Crippen molar-refractivity contribution in [2.45, 2.75) is 38.1 Å². The molecule has 1 aromatic carbocycles. The number of hydrogen-bond acceptors (Lipinski definition) is 7. The minimum Gasteiger partial charge on any atom is -0.394 e. The third-order valence-corrected chi connectivity index (χ3v) is 4.61. The van der Waals surface area contributed by atoms with Crippen molar-refractivity contribution in [2.75, 3.05) is 17.2 Å². The van der Waals surface area contributed by atoms with E-state index in [-0.39, 0.29) is 12.4 Å². The molecular weight excluding hydrogens is 361 g/mol. The number of aryl methyl sites for hydroxylation is 1. The van der Waals surface area contributed by atoms with Crippen LogP contribution in [0.25, 0.3) is 0 Å². The molecule has 1 fully saturated rings. The van der Waals surface area contributed by atoms with Crippen molar-refractivity contribution in [1.82, 2.24) is 25.1 Å². The van der Waals surface area contributed by atoms with Gasteiger partial charge < -0.3 is 15.7 Å². The number of H-pyrrole nitrogens is 1. The summed E-state index contributed by atoms with van der Waals surface area (Å²) in [6.07, 6.45) is 3.00. The molecule has 1 aliphatic rings. The van der Waals surface area contributed by atoms with E-state index in [1.165, 1.54) is 25.0 Å². The topological polar surface area (TPSA) is 112 Å². The van der Waals surface area contributed by atoms with Crippen LogP contribution < -0.4 is 10.6 Å². The van der Waals surface area contributed by atoms with E-state index >= 15 is 0 Å². The first-order chi connectivity index (χ1) is 13.6. The molecule has 1 saturated carbocycles. The van der Waals surface area contributed by atoms with Crippen LogP contribution >= 0.6 is 0 Å². The summed E-state index contributed by atoms with van der Waals surface area (Å²) in [5.41, 5.74) is 1.85. The van der Waals surface area contributed by atoms with Crippen LogP contribution in [0.4, 0.5) is 22.1 Å². The SMILES string of the molecule is CCc1nc(Nc2cc(C3CC3)[nH]n2)nc(NC(CO)c2ccc(F)cc2)n1. The highest BCUT2D eigenvalue weighted by Gasteiger charge is 2.25. The molecule has 0 aliphatic heterocycles. The average Bonchev–Trinajstić information content (AvgIpc) is 3.46. The summed E-state index contributed by atoms with van der Waals surface area (Å²) >= 11 is 0. The van der Waals surface area contributed by atoms with Gasteiger partial charge in [-0.3, -0.25) is 5.10 Å². The van der Waals surface area contributed by atoms with Crippen molar-refractivity contribution in [2.24, 2.45) is 0 Å². The zero-order valence-electron chi connectivity index (χ0n) is 15.5. The minimum atomic E-state index is -0.465. The van der Waals surface area contributed by atoms with E-state index in [2.05, 4.69) is 35.8 Å². The van der Waals surface area contributed by atoms with E-state index in [0.717, 1.165) is 11.3 Å². The lowest BCUT2D eigenvalue weighted by Gasteiger charge is -2.17. The summed E-state index contributed by atoms with van der Waals surface area (Å²) in [5, 5.41) is 23.2. The molecule has 4 rings (SSSR count). The number of hydrogen-bond donors (Lipinski definition) is 4. The van der Waals surface area contributed by atoms with Gasteiger partial charge in [0.25, 0.3) is 0 Å². The van der Waals surface area contributed by atoms with Gasteiger partial charge in [-0.15, -0.1) is 0 Å². The van der Waals surface area contributed by atoms with Gasteiger partial charge in [-0.1, -0.05) is 19.1 Å². The first-order valence-electron chi connectivity index (χ1n) is 9.34. The van der Waals surface area contributed by atoms with Gasteiger partial charge in [0, 0.05) is 24.1 Å². The highest BCUT2D eigenvalue weighted by atomic mass is 19.1. The molecule has 0 spiro atoms. The zero-order valence-corrected chi connectivity index (χ0v) is 15.5. The van der Waals surface area contributed by atoms with Crippen molar-refractivity contribution in [3.63, 3.8) is 0 Å². The second-order valence-electron chi connectivity index (χ2n) is 6.79. The number of aliphatic hydroxyl groups is 1. The van der Waals surface area contributed by atoms with E-state index in [0.29, 0.717) is 35.9 Å². The van der Waals surface area contributed by atoms with E-state index in [1.807, 2.05) is 13.0 Å². The molecular formula is C19H22FN7O. The molecule has 3 aromatic rings. The van der Waals surface area contributed by atoms with Crippen LogP contribution in [0.3, 0.4) is 0 Å². The standard InChI is InChI=1S/C19H22FN7O/c1-2-16-22-18(21-15(10-28)12-5-7-13(20)8-6-12)25-19(23-16)24-17-9-14(26-27-17)11-3-4-11/h5-9,11,15,28H,2-4,10H2,1H3,(H3,21,22,23,24,25,26,27). The lowest BCUT2D eigenvalue weighted by Crippen LogP contribution is -2.18. The number of nitrogens with zero attached hydrogens (tertiary/aromatic N) is 4. The van der Waals surface area contributed by atoms with Gasteiger partial charge in [-0.05, 0) is 30.5 Å². The fourth-order valence-corrected chi connectivity index (χ4v) is 2.90. The molecule has 0 amide bonds. The second-order valence-corrected chi connectivity index (χ2v) is 6.79. The van der Waals surface area contributed by atoms with Gasteiger partial charge in [-0.2, -0.15) is 20.1 Å². The highest BCUT2D eigenvalue weighted by molar-refractivity contribution is 5.50. The minimum absolute atomic E-state index is 0.189. The third-order valence-electron chi connectivity index (χ3n) is 4.61. The van der Waals surface area contributed by atoms with Gasteiger partial charge >= 0.3 is 0 Å². The quantitative estimate of drug-likeness (QED) is 0.473. The number of benzene rings is 1. The maximum atomic E-state index is 13.2. The molecule has 1 unspecified atom stereocenters. The van der Waals surface area contributed by atoms with Crippen molar-refractivity contribution < 1.29 is 9.50 Å². The monoisotopic (exact) mass is 383 g/mol. The van der Waals surface area contributed by atoms with Gasteiger partial charge in [0.15, 0.2) is 5.82 Å². The predicted octanol–water partition coefficient (Wildman–Crippen LogP) is 3.06. The summed E-state index contributed by atoms with van der Waals surface area (Å²) < 4.78 is 13.2. The Kier molecular flexibility index (Phi) is 5.16. The second kappa shape index (κ2) is 7.89. The molecule has 8 nitrogen and oxygen atoms in total. The Balaban J connectivity index is 1.53. The summed E-state index contributed by atoms with van der Waals surface area (Å²) in [6.45, 7) is 1.76. The predicted molar refractivity (Wildman–Crippen MR) is 103 cm³/mol. The Hall–Kier alpha value is -3.07. The van der Waals surface area contributed by atoms with E-state index in [9.17, 15) is 9.50 Å². The fraction of sp³-hybridized carbons (Fsp3) is 0.368. The summed E-state index contributed by atoms with van der Waals surface area (Å²) in [5.74, 6) is 2.21. The zero-order chi connectivity index (χ0) is 19.5. The number of aromatic nitrogens is 5. The maximum Gasteiger partial charge on any atom is 0.233 e. The first kappa shape index (κ1) is 18.3. The van der Waals surface area contributed by atoms with Crippen LogP contribution in [0.15, 0.2) is 30.3 Å². The van der Waals surface area contributed by atoms with E-state index in [4.69, 9.17) is 0 Å². The fourth-order valence-electron chi connectivity index (χ4n) is 2.90. The van der Waals surface area contributed by atoms with Crippen LogP contribution in [-0.2, 0) is 6.42 Å². The molecule has 2 heterocycles. The molecule has 0 bridgehead atoms. The molecule has 1 aliphatic carbocycles. The average molecular weight is 383 g/mol. The molecule has 28 heavy (non-hydrogen) atoms. The molecule has 9 heteroatoms. The first-order valence-corrected chi connectivity index (χ1v) is 9.34. The largest absolute Gasteiger partial charge is 0.394 e. The number of aliphatic hydroxyl groups excluding tert-OH is 1. The number of rotatable bonds is 8. The van der Waals surface area contributed by atoms with Crippen LogP contribution in [0, 0.1) is 5.82 Å². The van der Waals surface area contributed by atoms with Crippen LogP contribution in [-0.4, -0.2) is 36.9 Å². The molecule has 1 atom stereocenters. The summed E-state index contributed by atoms with van der Waals surface area (Å²) in [4.78, 5) is 13.2. The number of aromatic amines is 1. The highest BCUT2D eigenvalue weighted by Crippen LogP contribution is 2.39. The van der Waals surface area contributed by atoms with Gasteiger partial charge in [0.1, 0.15) is 11.6 Å². The van der Waals surface area contributed by atoms with Crippen molar-refractivity contribution >= 4 is 17.7 Å². The Labute approximate surface area is 161 Å². The smallest absolute Gasteiger partial charge is 0.233 e. The summed E-state index contributed by atoms with van der Waals surface area (Å²) in [7, 11) is 0. The van der Waals surface area contributed by atoms with Gasteiger partial charge in [-0.25, -0.2) is 4.39 Å². The third kappa shape index (κ3) is 4.25. The van der Waals surface area contributed by atoms with E-state index < -0.39 is 6.04 Å². The maximum absolute atomic E-state index is 13.2. The van der Waals surface area contributed by atoms with Gasteiger partial charge in [0.2, 0.25) is 11.9 Å². The van der Waals surface area contributed by atoms with E-state index in [1.54, 1.807) is 12.1 Å². The molecule has 0 radical (unpaired) electrons. The molecule has 2 aromatic heterocycles. The number of nitrogens with one attached hydrogen (secondary N) is 3. The van der Waals surface area contributed by atoms with Crippen LogP contribution in [0.5, 0.6) is 0 Å². The number of halogens is 1. The molecule has 146 valence electrons. The lowest BCUT2D eigenvalue weighted by atomic mass is 10.1. The lowest BCUT2D eigenvalue weighted by molar-refractivity contribution is 0.275. The van der Waals surface area contributed by atoms with Crippen molar-refractivity contribution in [3.8, 4) is 0 Å². The normalized spacial score (nSPS) is 14.7. The number of anilines is 3. The Morgan fingerprint density at radius 2 is 1.93 bits per heavy atom. The van der Waals surface area contributed by atoms with Crippen molar-refractivity contribution in [1.29, 1.82) is 0 Å². The Morgan fingerprint density at radius 1 is 1.18 bits per heavy atom.